The summed E-state index contributed by atoms with van der Waals surface area (Å²) in [6.45, 7) is 1.74. The van der Waals surface area contributed by atoms with Crippen LogP contribution in [0.15, 0.2) is 42.7 Å². The van der Waals surface area contributed by atoms with Crippen LogP contribution in [0.25, 0.3) is 0 Å². The van der Waals surface area contributed by atoms with Crippen LogP contribution in [0.5, 0.6) is 0 Å². The maximum Gasteiger partial charge on any atom is 0.342 e. The van der Waals surface area contributed by atoms with Crippen LogP contribution in [0.1, 0.15) is 23.7 Å². The predicted octanol–water partition coefficient (Wildman–Crippen LogP) is 2.70. The van der Waals surface area contributed by atoms with Crippen molar-refractivity contribution in [3.63, 3.8) is 0 Å². The molecule has 0 aromatic carbocycles. The van der Waals surface area contributed by atoms with Crippen LogP contribution in [-0.4, -0.2) is 27.9 Å². The molecule has 0 spiro atoms. The van der Waals surface area contributed by atoms with E-state index in [4.69, 9.17) is 16.3 Å². The summed E-state index contributed by atoms with van der Waals surface area (Å²) in [5.74, 6) is -0.753. The molecule has 22 heavy (non-hydrogen) atoms. The van der Waals surface area contributed by atoms with Gasteiger partial charge in [-0.3, -0.25) is 4.79 Å². The van der Waals surface area contributed by atoms with Crippen LogP contribution < -0.4 is 5.32 Å². The molecule has 6 nitrogen and oxygen atoms in total. The highest BCUT2D eigenvalue weighted by Gasteiger charge is 2.23. The Hall–Kier alpha value is -2.47. The summed E-state index contributed by atoms with van der Waals surface area (Å²) in [5.41, 5.74) is 0.119. The molecule has 1 amide bonds. The van der Waals surface area contributed by atoms with E-state index in [-0.39, 0.29) is 10.7 Å². The lowest BCUT2D eigenvalue weighted by Crippen LogP contribution is -2.32. The fourth-order valence-corrected chi connectivity index (χ4v) is 1.89. The number of amides is 1. The Kier molecular flexibility index (Phi) is 5.43. The van der Waals surface area contributed by atoms with E-state index in [0.717, 1.165) is 0 Å². The van der Waals surface area contributed by atoms with Gasteiger partial charge in [-0.05, 0) is 30.7 Å². The molecule has 2 heterocycles. The zero-order valence-corrected chi connectivity index (χ0v) is 12.6. The van der Waals surface area contributed by atoms with Gasteiger partial charge >= 0.3 is 5.97 Å². The first-order valence-electron chi connectivity index (χ1n) is 6.65. The summed E-state index contributed by atoms with van der Waals surface area (Å²) in [6, 6.07) is 8.17. The van der Waals surface area contributed by atoms with Crippen molar-refractivity contribution in [1.29, 1.82) is 0 Å². The van der Waals surface area contributed by atoms with Gasteiger partial charge in [0.2, 0.25) is 0 Å². The number of esters is 1. The molecule has 0 fully saturated rings. The molecule has 0 radical (unpaired) electrons. The van der Waals surface area contributed by atoms with Gasteiger partial charge in [-0.15, -0.1) is 0 Å². The van der Waals surface area contributed by atoms with Gasteiger partial charge in [0.25, 0.3) is 5.91 Å². The number of nitrogens with one attached hydrogen (secondary N) is 1. The second-order valence-corrected chi connectivity index (χ2v) is 4.71. The summed E-state index contributed by atoms with van der Waals surface area (Å²) < 4.78 is 5.20. The first kappa shape index (κ1) is 15.9. The molecular formula is C15H14ClN3O3. The van der Waals surface area contributed by atoms with E-state index in [1.54, 1.807) is 37.4 Å². The number of carbonyl (C=O) groups is 2. The van der Waals surface area contributed by atoms with Crippen molar-refractivity contribution in [2.45, 2.75) is 19.4 Å². The number of pyridine rings is 2. The van der Waals surface area contributed by atoms with Crippen molar-refractivity contribution < 1.29 is 14.3 Å². The average Bonchev–Trinajstić information content (AvgIpc) is 2.53. The number of ether oxygens (including phenoxy) is 1. The Morgan fingerprint density at radius 2 is 2.00 bits per heavy atom. The van der Waals surface area contributed by atoms with Gasteiger partial charge in [0, 0.05) is 12.4 Å². The minimum absolute atomic E-state index is 0.0347. The quantitative estimate of drug-likeness (QED) is 0.677. The van der Waals surface area contributed by atoms with Crippen LogP contribution in [0.2, 0.25) is 5.15 Å². The summed E-state index contributed by atoms with van der Waals surface area (Å²) in [5, 5.41) is 2.62. The Bertz CT molecular complexity index is 664. The second kappa shape index (κ2) is 7.51. The fourth-order valence-electron chi connectivity index (χ4n) is 1.70. The third-order valence-electron chi connectivity index (χ3n) is 2.81. The Balaban J connectivity index is 2.04. The number of nitrogens with zero attached hydrogens (tertiary/aromatic N) is 2. The topological polar surface area (TPSA) is 81.2 Å². The average molecular weight is 320 g/mol. The molecule has 0 bridgehead atoms. The number of carbonyl (C=O) groups excluding carboxylic acids is 2. The van der Waals surface area contributed by atoms with Crippen molar-refractivity contribution >= 4 is 29.3 Å². The molecule has 0 saturated carbocycles. The molecular weight excluding hydrogens is 306 g/mol. The SMILES string of the molecule is CCC(OC(=O)c1cccnc1Cl)C(=O)Nc1ccccn1. The summed E-state index contributed by atoms with van der Waals surface area (Å²) in [4.78, 5) is 32.0. The second-order valence-electron chi connectivity index (χ2n) is 4.35. The highest BCUT2D eigenvalue weighted by atomic mass is 35.5. The number of aromatic nitrogens is 2. The molecule has 0 aliphatic rings. The van der Waals surface area contributed by atoms with E-state index >= 15 is 0 Å². The molecule has 1 N–H and O–H groups in total. The van der Waals surface area contributed by atoms with E-state index in [0.29, 0.717) is 12.2 Å². The highest BCUT2D eigenvalue weighted by Crippen LogP contribution is 2.15. The molecule has 2 rings (SSSR count). The van der Waals surface area contributed by atoms with Crippen molar-refractivity contribution in [3.8, 4) is 0 Å². The van der Waals surface area contributed by atoms with Gasteiger partial charge < -0.3 is 10.1 Å². The maximum absolute atomic E-state index is 12.1. The minimum atomic E-state index is -0.939. The molecule has 0 aliphatic heterocycles. The molecule has 1 atom stereocenters. The third-order valence-corrected chi connectivity index (χ3v) is 3.11. The third kappa shape index (κ3) is 4.02. The molecule has 114 valence electrons. The van der Waals surface area contributed by atoms with Crippen LogP contribution in [0.4, 0.5) is 5.82 Å². The highest BCUT2D eigenvalue weighted by molar-refractivity contribution is 6.32. The number of hydrogen-bond donors (Lipinski definition) is 1. The summed E-state index contributed by atoms with van der Waals surface area (Å²) >= 11 is 5.83. The van der Waals surface area contributed by atoms with E-state index in [1.807, 2.05) is 0 Å². The Labute approximate surface area is 132 Å². The molecule has 2 aromatic rings. The molecule has 2 aromatic heterocycles. The van der Waals surface area contributed by atoms with Gasteiger partial charge in [0.15, 0.2) is 6.10 Å². The molecule has 1 unspecified atom stereocenters. The first-order chi connectivity index (χ1) is 10.6. The lowest BCUT2D eigenvalue weighted by molar-refractivity contribution is -0.124. The first-order valence-corrected chi connectivity index (χ1v) is 7.03. The number of rotatable bonds is 5. The lowest BCUT2D eigenvalue weighted by atomic mass is 10.2. The van der Waals surface area contributed by atoms with Crippen molar-refractivity contribution in [1.82, 2.24) is 9.97 Å². The number of anilines is 1. The van der Waals surface area contributed by atoms with Gasteiger partial charge in [-0.1, -0.05) is 24.6 Å². The molecule has 0 saturated heterocycles. The van der Waals surface area contributed by atoms with E-state index < -0.39 is 18.0 Å². The van der Waals surface area contributed by atoms with Gasteiger partial charge in [-0.2, -0.15) is 0 Å². The Morgan fingerprint density at radius 1 is 1.23 bits per heavy atom. The standard InChI is InChI=1S/C15H14ClN3O3/c1-2-11(14(20)19-12-7-3-4-8-17-12)22-15(21)10-6-5-9-18-13(10)16/h3-9,11H,2H2,1H3,(H,17,19,20). The van der Waals surface area contributed by atoms with Crippen LogP contribution in [-0.2, 0) is 9.53 Å². The van der Waals surface area contributed by atoms with Crippen molar-refractivity contribution in [3.05, 3.63) is 53.4 Å². The van der Waals surface area contributed by atoms with Crippen LogP contribution in [0.3, 0.4) is 0 Å². The van der Waals surface area contributed by atoms with Crippen molar-refractivity contribution in [2.75, 3.05) is 5.32 Å². The minimum Gasteiger partial charge on any atom is -0.449 e. The number of halogens is 1. The van der Waals surface area contributed by atoms with Crippen molar-refractivity contribution in [2.24, 2.45) is 0 Å². The monoisotopic (exact) mass is 319 g/mol. The normalized spacial score (nSPS) is 11.5. The Morgan fingerprint density at radius 3 is 2.64 bits per heavy atom. The lowest BCUT2D eigenvalue weighted by Gasteiger charge is -2.15. The van der Waals surface area contributed by atoms with Crippen LogP contribution in [0, 0.1) is 0 Å². The van der Waals surface area contributed by atoms with E-state index in [2.05, 4.69) is 15.3 Å². The zero-order chi connectivity index (χ0) is 15.9. The maximum atomic E-state index is 12.1. The fraction of sp³-hybridized carbons (Fsp3) is 0.200. The van der Waals surface area contributed by atoms with Gasteiger partial charge in [-0.25, -0.2) is 14.8 Å². The predicted molar refractivity (Wildman–Crippen MR) is 81.6 cm³/mol. The van der Waals surface area contributed by atoms with E-state index in [1.165, 1.54) is 12.3 Å². The smallest absolute Gasteiger partial charge is 0.342 e. The molecule has 7 heteroatoms. The largest absolute Gasteiger partial charge is 0.449 e. The van der Waals surface area contributed by atoms with E-state index in [9.17, 15) is 9.59 Å². The number of hydrogen-bond acceptors (Lipinski definition) is 5. The summed E-state index contributed by atoms with van der Waals surface area (Å²) in [6.07, 6.45) is 2.40. The van der Waals surface area contributed by atoms with Gasteiger partial charge in [0.1, 0.15) is 11.0 Å². The van der Waals surface area contributed by atoms with Crippen LogP contribution >= 0.6 is 11.6 Å². The summed E-state index contributed by atoms with van der Waals surface area (Å²) in [7, 11) is 0. The zero-order valence-electron chi connectivity index (χ0n) is 11.8. The molecule has 0 aliphatic carbocycles. The van der Waals surface area contributed by atoms with Gasteiger partial charge in [0.05, 0.1) is 5.56 Å².